The van der Waals surface area contributed by atoms with Gasteiger partial charge in [-0.1, -0.05) is 25.7 Å². The molecule has 0 aromatic carbocycles. The predicted octanol–water partition coefficient (Wildman–Crippen LogP) is 0.705. The Balaban J connectivity index is 1.42. The molecule has 2 saturated heterocycles. The van der Waals surface area contributed by atoms with E-state index < -0.39 is 12.0 Å². The van der Waals surface area contributed by atoms with Crippen LogP contribution in [0.25, 0.3) is 0 Å². The summed E-state index contributed by atoms with van der Waals surface area (Å²) in [6, 6.07) is 1.18. The zero-order valence-electron chi connectivity index (χ0n) is 21.2. The average Bonchev–Trinajstić information content (AvgIpc) is 3.55. The van der Waals surface area contributed by atoms with Crippen molar-refractivity contribution < 1.29 is 19.6 Å². The van der Waals surface area contributed by atoms with Crippen molar-refractivity contribution in [1.82, 2.24) is 30.4 Å². The molecule has 1 saturated carbocycles. The molecule has 1 aromatic heterocycles. The number of hydrogen-bond acceptors (Lipinski definition) is 9. The maximum absolute atomic E-state index is 13.5. The van der Waals surface area contributed by atoms with Gasteiger partial charge in [-0.3, -0.25) is 24.6 Å². The lowest BCUT2D eigenvalue weighted by atomic mass is 9.92. The van der Waals surface area contributed by atoms with E-state index in [2.05, 4.69) is 44.5 Å². The molecule has 2 aliphatic heterocycles. The first-order chi connectivity index (χ1) is 17.4. The van der Waals surface area contributed by atoms with Crippen molar-refractivity contribution in [2.75, 3.05) is 50.0 Å². The van der Waals surface area contributed by atoms with Crippen LogP contribution in [0.5, 0.6) is 0 Å². The smallest absolute Gasteiger partial charge is 0.250 e. The summed E-state index contributed by atoms with van der Waals surface area (Å²) < 4.78 is 0. The van der Waals surface area contributed by atoms with Crippen LogP contribution < -0.4 is 15.6 Å². The van der Waals surface area contributed by atoms with E-state index in [-0.39, 0.29) is 24.4 Å². The number of nitrogens with zero attached hydrogens (tertiary/aromatic N) is 6. The molecule has 1 aromatic rings. The van der Waals surface area contributed by atoms with Crippen molar-refractivity contribution in [2.45, 2.75) is 57.5 Å². The van der Waals surface area contributed by atoms with Gasteiger partial charge in [0.2, 0.25) is 24.2 Å². The number of carbonyl (C=O) groups excluding carboxylic acids is 3. The molecular formula is C24H38N8O4. The molecule has 3 amide bonds. The zero-order valence-corrected chi connectivity index (χ0v) is 21.2. The molecule has 198 valence electrons. The number of likely N-dealkylation sites (N-methyl/N-ethyl adjacent to an activating group) is 1. The highest BCUT2D eigenvalue weighted by Crippen LogP contribution is 2.32. The Morgan fingerprint density at radius 2 is 2.08 bits per heavy atom. The number of hydroxylamine groups is 2. The monoisotopic (exact) mass is 502 g/mol. The minimum absolute atomic E-state index is 0.0934. The van der Waals surface area contributed by atoms with E-state index in [1.807, 2.05) is 0 Å². The quantitative estimate of drug-likeness (QED) is 0.253. The fraction of sp³-hybridized carbons (Fsp3) is 0.708. The second kappa shape index (κ2) is 11.9. The Labute approximate surface area is 211 Å². The molecule has 3 aliphatic rings. The van der Waals surface area contributed by atoms with Crippen LogP contribution in [0.4, 0.5) is 11.8 Å². The number of anilines is 2. The number of carbonyl (C=O) groups is 3. The third-order valence-corrected chi connectivity index (χ3v) is 7.50. The third-order valence-electron chi connectivity index (χ3n) is 7.50. The molecule has 12 nitrogen and oxygen atoms in total. The number of rotatable bonds is 9. The van der Waals surface area contributed by atoms with Crippen LogP contribution in [-0.4, -0.2) is 100 Å². The lowest BCUT2D eigenvalue weighted by Crippen LogP contribution is -2.52. The summed E-state index contributed by atoms with van der Waals surface area (Å²) in [7, 11) is 2.09. The fourth-order valence-corrected chi connectivity index (χ4v) is 5.61. The van der Waals surface area contributed by atoms with Crippen molar-refractivity contribution in [3.8, 4) is 0 Å². The number of aromatic nitrogens is 2. The first kappa shape index (κ1) is 26.2. The van der Waals surface area contributed by atoms with Gasteiger partial charge >= 0.3 is 0 Å². The summed E-state index contributed by atoms with van der Waals surface area (Å²) in [5.74, 6) is 0.133. The molecule has 4 rings (SSSR count). The fourth-order valence-electron chi connectivity index (χ4n) is 5.61. The van der Waals surface area contributed by atoms with Crippen molar-refractivity contribution in [2.24, 2.45) is 11.8 Å². The topological polar surface area (TPSA) is 134 Å². The van der Waals surface area contributed by atoms with Crippen LogP contribution in [0, 0.1) is 11.8 Å². The van der Waals surface area contributed by atoms with Crippen LogP contribution in [0.15, 0.2) is 12.3 Å². The zero-order chi connectivity index (χ0) is 25.7. The Bertz CT molecular complexity index is 927. The number of amides is 3. The third kappa shape index (κ3) is 6.29. The molecule has 1 aliphatic carbocycles. The van der Waals surface area contributed by atoms with Crippen LogP contribution in [-0.2, 0) is 14.4 Å². The van der Waals surface area contributed by atoms with Gasteiger partial charge in [-0.2, -0.15) is 4.98 Å². The Hall–Kier alpha value is -2.83. The van der Waals surface area contributed by atoms with E-state index in [9.17, 15) is 19.6 Å². The maximum Gasteiger partial charge on any atom is 0.250 e. The van der Waals surface area contributed by atoms with Gasteiger partial charge in [0.15, 0.2) is 0 Å². The predicted molar refractivity (Wildman–Crippen MR) is 133 cm³/mol. The lowest BCUT2D eigenvalue weighted by molar-refractivity contribution is -0.159. The number of nitrogens with one attached hydrogen (secondary N) is 2. The molecule has 0 spiro atoms. The second-order valence-electron chi connectivity index (χ2n) is 10.3. The van der Waals surface area contributed by atoms with E-state index in [1.54, 1.807) is 12.3 Å². The van der Waals surface area contributed by atoms with Gasteiger partial charge in [0.25, 0.3) is 0 Å². The Morgan fingerprint density at radius 1 is 1.31 bits per heavy atom. The van der Waals surface area contributed by atoms with E-state index in [0.717, 1.165) is 45.3 Å². The second-order valence-corrected chi connectivity index (χ2v) is 10.3. The van der Waals surface area contributed by atoms with E-state index >= 15 is 0 Å². The highest BCUT2D eigenvalue weighted by Gasteiger charge is 2.39. The van der Waals surface area contributed by atoms with Crippen molar-refractivity contribution in [1.29, 1.82) is 0 Å². The van der Waals surface area contributed by atoms with Gasteiger partial charge in [0.05, 0.1) is 12.5 Å². The van der Waals surface area contributed by atoms with E-state index in [0.29, 0.717) is 48.5 Å². The Morgan fingerprint density at radius 3 is 2.81 bits per heavy atom. The van der Waals surface area contributed by atoms with Crippen molar-refractivity contribution >= 4 is 30.0 Å². The molecule has 0 unspecified atom stereocenters. The number of piperazine rings is 1. The first-order valence-corrected chi connectivity index (χ1v) is 12.9. The highest BCUT2D eigenvalue weighted by atomic mass is 16.5. The first-order valence-electron chi connectivity index (χ1n) is 12.9. The summed E-state index contributed by atoms with van der Waals surface area (Å²) >= 11 is 0. The summed E-state index contributed by atoms with van der Waals surface area (Å²) in [6.45, 7) is 5.12. The summed E-state index contributed by atoms with van der Waals surface area (Å²) in [4.78, 5) is 51.1. The number of hydrogen-bond donors (Lipinski definition) is 3. The van der Waals surface area contributed by atoms with Gasteiger partial charge in [-0.05, 0) is 38.8 Å². The molecule has 3 N–H and O–H groups in total. The van der Waals surface area contributed by atoms with Crippen molar-refractivity contribution in [3.63, 3.8) is 0 Å². The van der Waals surface area contributed by atoms with Crippen LogP contribution in [0.3, 0.4) is 0 Å². The minimum atomic E-state index is -0.715. The standard InChI is InChI=1S/C24H38N8O4/c1-17-14-29(2)11-12-31(17)24-25-9-8-21(28-24)27-22(34)20-7-10-26-32(20)23(35)19(15-30(36)16-33)13-18-5-3-4-6-18/h8-9,16-20,26,36H,3-7,10-15H2,1-2H3,(H,25,27,28,34)/t17-,19+,20-/m0/s1. The molecule has 3 fully saturated rings. The van der Waals surface area contributed by atoms with Gasteiger partial charge in [0, 0.05) is 38.4 Å². The van der Waals surface area contributed by atoms with Gasteiger partial charge in [0.1, 0.15) is 11.9 Å². The molecule has 3 atom stereocenters. The normalized spacial score (nSPS) is 24.1. The van der Waals surface area contributed by atoms with Crippen LogP contribution in [0.1, 0.15) is 45.4 Å². The summed E-state index contributed by atoms with van der Waals surface area (Å²) in [5.41, 5.74) is 3.03. The summed E-state index contributed by atoms with van der Waals surface area (Å²) in [5, 5.41) is 14.6. The molecule has 0 radical (unpaired) electrons. The van der Waals surface area contributed by atoms with E-state index in [4.69, 9.17) is 0 Å². The average molecular weight is 503 g/mol. The molecule has 12 heteroatoms. The number of hydrazine groups is 1. The molecule has 3 heterocycles. The highest BCUT2D eigenvalue weighted by molar-refractivity contribution is 5.97. The molecule has 0 bridgehead atoms. The SMILES string of the molecule is C[C@H]1CN(C)CCN1c1nccc(NC(=O)[C@@H]2CCNN2C(=O)[C@H](CC2CCCC2)CN(O)C=O)n1. The van der Waals surface area contributed by atoms with Gasteiger partial charge in [-0.25, -0.2) is 15.5 Å². The van der Waals surface area contributed by atoms with Crippen LogP contribution in [0.2, 0.25) is 0 Å². The summed E-state index contributed by atoms with van der Waals surface area (Å²) in [6.07, 6.45) is 7.31. The largest absolute Gasteiger partial charge is 0.335 e. The molecular weight excluding hydrogens is 464 g/mol. The maximum atomic E-state index is 13.5. The lowest BCUT2D eigenvalue weighted by Gasteiger charge is -2.38. The van der Waals surface area contributed by atoms with Crippen LogP contribution >= 0.6 is 0 Å². The Kier molecular flexibility index (Phi) is 8.70. The molecule has 36 heavy (non-hydrogen) atoms. The van der Waals surface area contributed by atoms with Crippen molar-refractivity contribution in [3.05, 3.63) is 12.3 Å². The van der Waals surface area contributed by atoms with Gasteiger partial charge in [-0.15, -0.1) is 0 Å². The van der Waals surface area contributed by atoms with E-state index in [1.165, 1.54) is 5.01 Å². The van der Waals surface area contributed by atoms with Gasteiger partial charge < -0.3 is 15.1 Å². The minimum Gasteiger partial charge on any atom is -0.335 e.